The first kappa shape index (κ1) is 13.8. The number of carbonyl (C=O) groups excluding carboxylic acids is 1. The molecule has 1 heterocycles. The number of para-hydroxylation sites is 1. The number of nitrogens with zero attached hydrogens (tertiary/aromatic N) is 2. The van der Waals surface area contributed by atoms with E-state index >= 15 is 0 Å². The maximum absolute atomic E-state index is 11.7. The summed E-state index contributed by atoms with van der Waals surface area (Å²) >= 11 is 0. The van der Waals surface area contributed by atoms with Crippen molar-refractivity contribution in [3.8, 4) is 0 Å². The van der Waals surface area contributed by atoms with E-state index in [4.69, 9.17) is 5.11 Å². The van der Waals surface area contributed by atoms with Crippen molar-refractivity contribution in [1.82, 2.24) is 9.78 Å². The van der Waals surface area contributed by atoms with Gasteiger partial charge in [-0.2, -0.15) is 5.10 Å². The first-order chi connectivity index (χ1) is 9.65. The van der Waals surface area contributed by atoms with E-state index in [9.17, 15) is 9.59 Å². The van der Waals surface area contributed by atoms with Gasteiger partial charge in [-0.15, -0.1) is 0 Å². The molecule has 2 rings (SSSR count). The van der Waals surface area contributed by atoms with Gasteiger partial charge in [0, 0.05) is 24.5 Å². The lowest BCUT2D eigenvalue weighted by Crippen LogP contribution is -2.15. The van der Waals surface area contributed by atoms with E-state index in [1.165, 1.54) is 0 Å². The Balaban J connectivity index is 2.04. The number of carbonyl (C=O) groups is 2. The number of hydrogen-bond donors (Lipinski definition) is 2. The second kappa shape index (κ2) is 6.51. The van der Waals surface area contributed by atoms with E-state index in [0.717, 1.165) is 5.56 Å². The molecule has 0 aliphatic rings. The molecule has 0 radical (unpaired) electrons. The summed E-state index contributed by atoms with van der Waals surface area (Å²) in [7, 11) is 0. The van der Waals surface area contributed by atoms with Gasteiger partial charge in [0.1, 0.15) is 0 Å². The molecule has 0 aliphatic carbocycles. The van der Waals surface area contributed by atoms with Gasteiger partial charge in [-0.25, -0.2) is 0 Å². The number of nitrogens with one attached hydrogen (secondary N) is 1. The second-order valence-corrected chi connectivity index (χ2v) is 4.30. The highest BCUT2D eigenvalue weighted by atomic mass is 16.4. The lowest BCUT2D eigenvalue weighted by atomic mass is 10.1. The van der Waals surface area contributed by atoms with Crippen LogP contribution in [0, 0.1) is 0 Å². The molecule has 6 heteroatoms. The molecule has 0 bridgehead atoms. The lowest BCUT2D eigenvalue weighted by Gasteiger charge is -2.10. The number of aliphatic carboxylic acids is 1. The number of anilines is 1. The van der Waals surface area contributed by atoms with Gasteiger partial charge in [-0.05, 0) is 17.7 Å². The van der Waals surface area contributed by atoms with Crippen molar-refractivity contribution < 1.29 is 14.7 Å². The van der Waals surface area contributed by atoms with E-state index in [0.29, 0.717) is 12.2 Å². The minimum absolute atomic E-state index is 0.0363. The molecule has 0 saturated heterocycles. The summed E-state index contributed by atoms with van der Waals surface area (Å²) in [6.07, 6.45) is 3.32. The summed E-state index contributed by atoms with van der Waals surface area (Å²) in [5, 5.41) is 15.4. The number of rotatable bonds is 6. The molecule has 0 aliphatic heterocycles. The predicted octanol–water partition coefficient (Wildman–Crippen LogP) is 1.73. The van der Waals surface area contributed by atoms with E-state index < -0.39 is 5.97 Å². The van der Waals surface area contributed by atoms with Crippen LogP contribution in [0.2, 0.25) is 0 Å². The zero-order chi connectivity index (χ0) is 14.4. The molecule has 6 nitrogen and oxygen atoms in total. The van der Waals surface area contributed by atoms with Gasteiger partial charge in [-0.1, -0.05) is 18.2 Å². The Hall–Kier alpha value is -2.63. The highest BCUT2D eigenvalue weighted by Crippen LogP contribution is 2.16. The van der Waals surface area contributed by atoms with Gasteiger partial charge in [0.05, 0.1) is 13.0 Å². The fraction of sp³-hybridized carbons (Fsp3) is 0.214. The van der Waals surface area contributed by atoms with E-state index in [-0.39, 0.29) is 18.7 Å². The minimum Gasteiger partial charge on any atom is -0.481 e. The zero-order valence-corrected chi connectivity index (χ0v) is 10.8. The van der Waals surface area contributed by atoms with Crippen LogP contribution in [0.4, 0.5) is 5.69 Å². The third-order valence-corrected chi connectivity index (χ3v) is 2.75. The molecular weight excluding hydrogens is 258 g/mol. The number of carboxylic acids is 1. The summed E-state index contributed by atoms with van der Waals surface area (Å²) < 4.78 is 1.75. The first-order valence-electron chi connectivity index (χ1n) is 6.22. The smallest absolute Gasteiger partial charge is 0.303 e. The maximum Gasteiger partial charge on any atom is 0.303 e. The average molecular weight is 273 g/mol. The van der Waals surface area contributed by atoms with Crippen molar-refractivity contribution in [3.05, 3.63) is 48.3 Å². The molecule has 2 N–H and O–H groups in total. The molecule has 0 spiro atoms. The molecule has 1 amide bonds. The van der Waals surface area contributed by atoms with Crippen molar-refractivity contribution >= 4 is 17.6 Å². The van der Waals surface area contributed by atoms with Crippen LogP contribution in [0.15, 0.2) is 42.7 Å². The Morgan fingerprint density at radius 3 is 2.70 bits per heavy atom. The minimum atomic E-state index is -0.982. The van der Waals surface area contributed by atoms with Crippen molar-refractivity contribution in [2.24, 2.45) is 0 Å². The van der Waals surface area contributed by atoms with E-state index in [1.54, 1.807) is 16.9 Å². The van der Waals surface area contributed by atoms with E-state index in [2.05, 4.69) is 10.4 Å². The largest absolute Gasteiger partial charge is 0.481 e. The molecular formula is C14H15N3O3. The Morgan fingerprint density at radius 1 is 1.20 bits per heavy atom. The van der Waals surface area contributed by atoms with Crippen molar-refractivity contribution in [2.75, 3.05) is 5.32 Å². The topological polar surface area (TPSA) is 84.2 Å². The SMILES string of the molecule is O=C(O)CCC(=O)Nc1ccccc1Cn1cccn1. The summed E-state index contributed by atoms with van der Waals surface area (Å²) in [5.41, 5.74) is 1.60. The van der Waals surface area contributed by atoms with Gasteiger partial charge in [-0.3, -0.25) is 14.3 Å². The number of benzene rings is 1. The standard InChI is InChI=1S/C14H15N3O3/c18-13(6-7-14(19)20)16-12-5-2-1-4-11(12)10-17-9-3-8-15-17/h1-5,8-9H,6-7,10H2,(H,16,18)(H,19,20). The number of aromatic nitrogens is 2. The fourth-order valence-corrected chi connectivity index (χ4v) is 1.78. The van der Waals surface area contributed by atoms with Crippen LogP contribution in [-0.4, -0.2) is 26.8 Å². The Morgan fingerprint density at radius 2 is 2.00 bits per heavy atom. The summed E-state index contributed by atoms with van der Waals surface area (Å²) in [4.78, 5) is 22.1. The summed E-state index contributed by atoms with van der Waals surface area (Å²) in [6.45, 7) is 0.544. The fourth-order valence-electron chi connectivity index (χ4n) is 1.78. The Labute approximate surface area is 116 Å². The monoisotopic (exact) mass is 273 g/mol. The molecule has 1 aromatic carbocycles. The molecule has 2 aromatic rings. The van der Waals surface area contributed by atoms with Gasteiger partial charge < -0.3 is 10.4 Å². The molecule has 0 unspecified atom stereocenters. The first-order valence-corrected chi connectivity index (χ1v) is 6.22. The Bertz CT molecular complexity index is 593. The highest BCUT2D eigenvalue weighted by molar-refractivity contribution is 5.93. The van der Waals surface area contributed by atoms with Crippen LogP contribution in [0.25, 0.3) is 0 Å². The van der Waals surface area contributed by atoms with Crippen LogP contribution < -0.4 is 5.32 Å². The summed E-state index contributed by atoms with van der Waals surface area (Å²) in [5.74, 6) is -1.29. The van der Waals surface area contributed by atoms with Crippen LogP contribution in [0.3, 0.4) is 0 Å². The van der Waals surface area contributed by atoms with Crippen molar-refractivity contribution in [1.29, 1.82) is 0 Å². The second-order valence-electron chi connectivity index (χ2n) is 4.30. The van der Waals surface area contributed by atoms with E-state index in [1.807, 2.05) is 30.5 Å². The zero-order valence-electron chi connectivity index (χ0n) is 10.8. The third kappa shape index (κ3) is 3.94. The van der Waals surface area contributed by atoms with Gasteiger partial charge in [0.15, 0.2) is 0 Å². The Kier molecular flexibility index (Phi) is 4.49. The van der Waals surface area contributed by atoms with Crippen LogP contribution in [0.1, 0.15) is 18.4 Å². The molecule has 20 heavy (non-hydrogen) atoms. The van der Waals surface area contributed by atoms with Gasteiger partial charge in [0.25, 0.3) is 0 Å². The summed E-state index contributed by atoms with van der Waals surface area (Å²) in [6, 6.07) is 9.21. The molecule has 0 fully saturated rings. The van der Waals surface area contributed by atoms with Crippen molar-refractivity contribution in [2.45, 2.75) is 19.4 Å². The number of carboxylic acid groups (broad SMARTS) is 1. The van der Waals surface area contributed by atoms with Crippen LogP contribution in [0.5, 0.6) is 0 Å². The average Bonchev–Trinajstić information content (AvgIpc) is 2.92. The van der Waals surface area contributed by atoms with Crippen LogP contribution >= 0.6 is 0 Å². The molecule has 1 aromatic heterocycles. The highest BCUT2D eigenvalue weighted by Gasteiger charge is 2.09. The third-order valence-electron chi connectivity index (χ3n) is 2.75. The quantitative estimate of drug-likeness (QED) is 0.839. The predicted molar refractivity (Wildman–Crippen MR) is 73.3 cm³/mol. The molecule has 104 valence electrons. The van der Waals surface area contributed by atoms with Crippen LogP contribution in [-0.2, 0) is 16.1 Å². The van der Waals surface area contributed by atoms with Gasteiger partial charge in [0.2, 0.25) is 5.91 Å². The maximum atomic E-state index is 11.7. The number of amides is 1. The molecule has 0 saturated carbocycles. The number of hydrogen-bond acceptors (Lipinski definition) is 3. The van der Waals surface area contributed by atoms with Crippen molar-refractivity contribution in [3.63, 3.8) is 0 Å². The molecule has 0 atom stereocenters. The normalized spacial score (nSPS) is 10.2. The van der Waals surface area contributed by atoms with Gasteiger partial charge >= 0.3 is 5.97 Å². The lowest BCUT2D eigenvalue weighted by molar-refractivity contribution is -0.138.